The molecule has 10 heteroatoms. The number of anilines is 1. The number of hydrogen-bond acceptors (Lipinski definition) is 8. The third kappa shape index (κ3) is 6.33. The Balaban J connectivity index is 1.48. The highest BCUT2D eigenvalue weighted by atomic mass is 16.5. The number of benzene rings is 1. The number of aromatic nitrogens is 6. The fraction of sp³-hybridized carbons (Fsp3) is 0.407. The zero-order valence-corrected chi connectivity index (χ0v) is 21.7. The lowest BCUT2D eigenvalue weighted by Crippen LogP contribution is -2.37. The fourth-order valence-electron chi connectivity index (χ4n) is 4.27. The fourth-order valence-corrected chi connectivity index (χ4v) is 4.27. The molecule has 0 spiro atoms. The molecule has 1 aliphatic rings. The van der Waals surface area contributed by atoms with Crippen LogP contribution in [0.25, 0.3) is 17.1 Å². The van der Waals surface area contributed by atoms with Crippen molar-refractivity contribution in [1.29, 1.82) is 0 Å². The second-order valence-corrected chi connectivity index (χ2v) is 9.44. The van der Waals surface area contributed by atoms with Gasteiger partial charge in [-0.05, 0) is 25.7 Å². The van der Waals surface area contributed by atoms with E-state index in [0.29, 0.717) is 31.6 Å². The average molecular weight is 503 g/mol. The minimum Gasteiger partial charge on any atom is -0.463 e. The van der Waals surface area contributed by atoms with Gasteiger partial charge < -0.3 is 19.3 Å². The number of morpholine rings is 1. The van der Waals surface area contributed by atoms with Crippen LogP contribution < -0.4 is 9.64 Å². The van der Waals surface area contributed by atoms with Crippen molar-refractivity contribution in [2.45, 2.75) is 12.8 Å². The van der Waals surface area contributed by atoms with Gasteiger partial charge in [-0.25, -0.2) is 4.68 Å². The van der Waals surface area contributed by atoms with Gasteiger partial charge in [-0.1, -0.05) is 30.3 Å². The van der Waals surface area contributed by atoms with Crippen molar-refractivity contribution in [3.05, 3.63) is 66.1 Å². The molecule has 4 aromatic rings. The number of rotatable bonds is 10. The maximum atomic E-state index is 6.08. The lowest BCUT2D eigenvalue weighted by Gasteiger charge is -2.28. The molecule has 37 heavy (non-hydrogen) atoms. The zero-order chi connectivity index (χ0) is 25.6. The molecule has 194 valence electrons. The summed E-state index contributed by atoms with van der Waals surface area (Å²) in [4.78, 5) is 13.9. The van der Waals surface area contributed by atoms with E-state index in [2.05, 4.69) is 47.2 Å². The van der Waals surface area contributed by atoms with Gasteiger partial charge in [0.25, 0.3) is 0 Å². The van der Waals surface area contributed by atoms with E-state index in [1.165, 1.54) is 0 Å². The van der Waals surface area contributed by atoms with Crippen molar-refractivity contribution in [2.24, 2.45) is 7.05 Å². The number of ether oxygens (including phenoxy) is 2. The van der Waals surface area contributed by atoms with Gasteiger partial charge in [0.05, 0.1) is 31.7 Å². The van der Waals surface area contributed by atoms with Crippen molar-refractivity contribution >= 4 is 5.82 Å². The number of hydrogen-bond donors (Lipinski definition) is 0. The van der Waals surface area contributed by atoms with E-state index in [0.717, 1.165) is 60.8 Å². The average Bonchev–Trinajstić information content (AvgIpc) is 3.54. The topological polar surface area (TPSA) is 86.4 Å². The van der Waals surface area contributed by atoms with Crippen LogP contribution in [0.4, 0.5) is 5.82 Å². The highest BCUT2D eigenvalue weighted by molar-refractivity contribution is 5.60. The Labute approximate surface area is 217 Å². The first-order valence-corrected chi connectivity index (χ1v) is 12.7. The van der Waals surface area contributed by atoms with Crippen molar-refractivity contribution in [2.75, 3.05) is 58.5 Å². The lowest BCUT2D eigenvalue weighted by atomic mass is 10.1. The normalized spacial score (nSPS) is 13.9. The van der Waals surface area contributed by atoms with Gasteiger partial charge in [0.1, 0.15) is 5.82 Å². The Hall–Kier alpha value is -3.76. The molecule has 1 saturated heterocycles. The van der Waals surface area contributed by atoms with Gasteiger partial charge >= 0.3 is 6.01 Å². The lowest BCUT2D eigenvalue weighted by molar-refractivity contribution is 0.122. The standard InChI is InChI=1S/C27H34N8O2/c1-32(2)11-9-23-17-24(22-7-5-4-6-8-22)31-35(23)26-18-25(34-12-15-36-16-13-34)29-27(30-26)37-14-10-21-19-28-33(3)20-21/h4-8,17-20H,9-16H2,1-3H3. The molecule has 5 rings (SSSR count). The van der Waals surface area contributed by atoms with Crippen LogP contribution in [-0.4, -0.2) is 88.0 Å². The molecule has 0 amide bonds. The molecule has 0 bridgehead atoms. The van der Waals surface area contributed by atoms with Crippen molar-refractivity contribution in [1.82, 2.24) is 34.4 Å². The van der Waals surface area contributed by atoms with Crippen molar-refractivity contribution in [3.63, 3.8) is 0 Å². The summed E-state index contributed by atoms with van der Waals surface area (Å²) >= 11 is 0. The largest absolute Gasteiger partial charge is 0.463 e. The Bertz CT molecular complexity index is 1290. The summed E-state index contributed by atoms with van der Waals surface area (Å²) in [6.07, 6.45) is 5.40. The Kier molecular flexibility index (Phi) is 7.76. The van der Waals surface area contributed by atoms with E-state index in [4.69, 9.17) is 24.5 Å². The van der Waals surface area contributed by atoms with Crippen LogP contribution in [0, 0.1) is 0 Å². The van der Waals surface area contributed by atoms with Crippen LogP contribution >= 0.6 is 0 Å². The highest BCUT2D eigenvalue weighted by Gasteiger charge is 2.19. The molecule has 0 unspecified atom stereocenters. The molecular formula is C27H34N8O2. The monoisotopic (exact) mass is 502 g/mol. The summed E-state index contributed by atoms with van der Waals surface area (Å²) in [5, 5.41) is 9.22. The van der Waals surface area contributed by atoms with Crippen LogP contribution in [0.15, 0.2) is 54.9 Å². The molecule has 0 aliphatic carbocycles. The molecule has 0 radical (unpaired) electrons. The van der Waals surface area contributed by atoms with E-state index < -0.39 is 0 Å². The van der Waals surface area contributed by atoms with Gasteiger partial charge in [0.2, 0.25) is 0 Å². The summed E-state index contributed by atoms with van der Waals surface area (Å²) in [5.41, 5.74) is 4.18. The van der Waals surface area contributed by atoms with E-state index in [1.807, 2.05) is 48.4 Å². The van der Waals surface area contributed by atoms with Crippen LogP contribution in [0.2, 0.25) is 0 Å². The second kappa shape index (κ2) is 11.5. The van der Waals surface area contributed by atoms with Crippen LogP contribution in [0.3, 0.4) is 0 Å². The summed E-state index contributed by atoms with van der Waals surface area (Å²) < 4.78 is 15.4. The Morgan fingerprint density at radius 2 is 1.78 bits per heavy atom. The summed E-state index contributed by atoms with van der Waals surface area (Å²) in [6.45, 7) is 4.24. The maximum absolute atomic E-state index is 6.08. The van der Waals surface area contributed by atoms with Crippen LogP contribution in [-0.2, 0) is 24.6 Å². The van der Waals surface area contributed by atoms with E-state index in [1.54, 1.807) is 4.68 Å². The molecule has 10 nitrogen and oxygen atoms in total. The van der Waals surface area contributed by atoms with Gasteiger partial charge in [-0.3, -0.25) is 4.68 Å². The molecule has 1 fully saturated rings. The second-order valence-electron chi connectivity index (χ2n) is 9.44. The van der Waals surface area contributed by atoms with Gasteiger partial charge in [-0.2, -0.15) is 20.2 Å². The first-order valence-electron chi connectivity index (χ1n) is 12.7. The van der Waals surface area contributed by atoms with E-state index >= 15 is 0 Å². The molecule has 0 atom stereocenters. The number of likely N-dealkylation sites (N-methyl/N-ethyl adjacent to an activating group) is 1. The van der Waals surface area contributed by atoms with Gasteiger partial charge in [0, 0.05) is 63.0 Å². The molecule has 1 aliphatic heterocycles. The third-order valence-corrected chi connectivity index (χ3v) is 6.28. The van der Waals surface area contributed by atoms with E-state index in [-0.39, 0.29) is 0 Å². The summed E-state index contributed by atoms with van der Waals surface area (Å²) in [6, 6.07) is 14.7. The predicted molar refractivity (Wildman–Crippen MR) is 142 cm³/mol. The van der Waals surface area contributed by atoms with Crippen LogP contribution in [0.1, 0.15) is 11.3 Å². The molecule has 0 saturated carbocycles. The SMILES string of the molecule is CN(C)CCc1cc(-c2ccccc2)nn1-c1cc(N2CCOCC2)nc(OCCc2cnn(C)c2)n1. The molecular weight excluding hydrogens is 468 g/mol. The highest BCUT2D eigenvalue weighted by Crippen LogP contribution is 2.25. The minimum atomic E-state index is 0.346. The van der Waals surface area contributed by atoms with Gasteiger partial charge in [-0.15, -0.1) is 0 Å². The van der Waals surface area contributed by atoms with Gasteiger partial charge in [0.15, 0.2) is 5.82 Å². The molecule has 4 heterocycles. The Morgan fingerprint density at radius 1 is 1.00 bits per heavy atom. The molecule has 1 aromatic carbocycles. The summed E-state index contributed by atoms with van der Waals surface area (Å²) in [7, 11) is 6.07. The first-order chi connectivity index (χ1) is 18.0. The maximum Gasteiger partial charge on any atom is 0.320 e. The van der Waals surface area contributed by atoms with E-state index in [9.17, 15) is 0 Å². The number of aryl methyl sites for hydroxylation is 1. The third-order valence-electron chi connectivity index (χ3n) is 6.28. The minimum absolute atomic E-state index is 0.346. The molecule has 0 N–H and O–H groups in total. The quantitative estimate of drug-likeness (QED) is 0.327. The van der Waals surface area contributed by atoms with Crippen LogP contribution in [0.5, 0.6) is 6.01 Å². The van der Waals surface area contributed by atoms with Crippen molar-refractivity contribution in [3.8, 4) is 23.1 Å². The first kappa shape index (κ1) is 24.9. The number of nitrogens with zero attached hydrogens (tertiary/aromatic N) is 8. The summed E-state index contributed by atoms with van der Waals surface area (Å²) in [5.74, 6) is 1.52. The Morgan fingerprint density at radius 3 is 2.51 bits per heavy atom. The smallest absolute Gasteiger partial charge is 0.320 e. The molecule has 3 aromatic heterocycles. The zero-order valence-electron chi connectivity index (χ0n) is 21.7. The van der Waals surface area contributed by atoms with Crippen molar-refractivity contribution < 1.29 is 9.47 Å². The predicted octanol–water partition coefficient (Wildman–Crippen LogP) is 2.63.